The van der Waals surface area contributed by atoms with Crippen molar-refractivity contribution in [1.29, 1.82) is 0 Å². The van der Waals surface area contributed by atoms with E-state index in [1.165, 1.54) is 28.2 Å². The molecule has 0 unspecified atom stereocenters. The first-order valence-corrected chi connectivity index (χ1v) is 6.97. The van der Waals surface area contributed by atoms with Crippen LogP contribution >= 0.6 is 11.3 Å². The summed E-state index contributed by atoms with van der Waals surface area (Å²) in [6.07, 6.45) is 9.03. The molecule has 0 aliphatic heterocycles. The van der Waals surface area contributed by atoms with Gasteiger partial charge in [-0.2, -0.15) is 0 Å². The first-order chi connectivity index (χ1) is 7.76. The first-order valence-electron chi connectivity index (χ1n) is 6.16. The van der Waals surface area contributed by atoms with Crippen LogP contribution < -0.4 is 0 Å². The lowest BCUT2D eigenvalue weighted by Crippen LogP contribution is -1.75. The van der Waals surface area contributed by atoms with Crippen molar-refractivity contribution in [3.63, 3.8) is 0 Å². The first kappa shape index (κ1) is 15.2. The molecule has 1 heteroatoms. The van der Waals surface area contributed by atoms with Gasteiger partial charge in [-0.1, -0.05) is 44.9 Å². The fraction of sp³-hybridized carbons (Fsp3) is 0.467. The van der Waals surface area contributed by atoms with Crippen molar-refractivity contribution < 1.29 is 0 Å². The van der Waals surface area contributed by atoms with E-state index < -0.39 is 0 Å². The van der Waals surface area contributed by atoms with E-state index >= 15 is 0 Å². The lowest BCUT2D eigenvalue weighted by molar-refractivity contribution is 0.925. The fourth-order valence-corrected chi connectivity index (χ4v) is 2.12. The Hall–Kier alpha value is -0.820. The highest BCUT2D eigenvalue weighted by Crippen LogP contribution is 2.18. The van der Waals surface area contributed by atoms with E-state index in [1.807, 2.05) is 25.2 Å². The van der Waals surface area contributed by atoms with Crippen LogP contribution in [-0.2, 0) is 0 Å². The highest BCUT2D eigenvalue weighted by Gasteiger charge is 1.92. The van der Waals surface area contributed by atoms with Crippen LogP contribution in [0.4, 0.5) is 0 Å². The van der Waals surface area contributed by atoms with Crippen molar-refractivity contribution in [2.24, 2.45) is 0 Å². The largest absolute Gasteiger partial charge is 0.141 e. The summed E-state index contributed by atoms with van der Waals surface area (Å²) in [6, 6.07) is 4.34. The van der Waals surface area contributed by atoms with Gasteiger partial charge in [-0.25, -0.2) is 0 Å². The average molecular weight is 236 g/mol. The number of hydrogen-bond acceptors (Lipinski definition) is 1. The van der Waals surface area contributed by atoms with Crippen LogP contribution in [0.15, 0.2) is 29.9 Å². The Balaban J connectivity index is 0.00000106. The molecule has 0 aromatic carbocycles. The van der Waals surface area contributed by atoms with E-state index in [0.717, 1.165) is 0 Å². The van der Waals surface area contributed by atoms with Gasteiger partial charge in [0, 0.05) is 9.75 Å². The molecule has 0 aliphatic carbocycles. The molecule has 0 N–H and O–H groups in total. The Morgan fingerprint density at radius 3 is 2.44 bits per heavy atom. The minimum atomic E-state index is 1.18. The highest BCUT2D eigenvalue weighted by atomic mass is 32.1. The Bertz CT molecular complexity index is 329. The Labute approximate surface area is 105 Å². The SMILES string of the molecule is C/C=C(\C=C/c1ccc(C)s1)CCC.CC. The molecule has 0 saturated heterocycles. The van der Waals surface area contributed by atoms with Crippen LogP contribution in [0, 0.1) is 6.92 Å². The molecule has 16 heavy (non-hydrogen) atoms. The molecular weight excluding hydrogens is 212 g/mol. The molecule has 90 valence electrons. The van der Waals surface area contributed by atoms with E-state index in [9.17, 15) is 0 Å². The quantitative estimate of drug-likeness (QED) is 0.576. The summed E-state index contributed by atoms with van der Waals surface area (Å²) in [5.74, 6) is 0. The summed E-state index contributed by atoms with van der Waals surface area (Å²) < 4.78 is 0. The van der Waals surface area contributed by atoms with Gasteiger partial charge in [0.25, 0.3) is 0 Å². The second-order valence-corrected chi connectivity index (χ2v) is 4.71. The van der Waals surface area contributed by atoms with E-state index in [1.54, 1.807) is 0 Å². The van der Waals surface area contributed by atoms with Gasteiger partial charge >= 0.3 is 0 Å². The topological polar surface area (TPSA) is 0 Å². The van der Waals surface area contributed by atoms with Gasteiger partial charge in [-0.05, 0) is 38.5 Å². The highest BCUT2D eigenvalue weighted by molar-refractivity contribution is 7.12. The molecule has 0 atom stereocenters. The molecule has 1 aromatic rings. The molecule has 1 heterocycles. The Kier molecular flexibility index (Phi) is 8.93. The standard InChI is InChI=1S/C13H18S.C2H6/c1-4-6-12(5-2)8-10-13-9-7-11(3)14-13;1-2/h5,7-10H,4,6H2,1-3H3;1-2H3/b10-8-,12-5-;. The van der Waals surface area contributed by atoms with Gasteiger partial charge in [0.2, 0.25) is 0 Å². The minimum Gasteiger partial charge on any atom is -0.141 e. The summed E-state index contributed by atoms with van der Waals surface area (Å²) >= 11 is 1.84. The number of rotatable bonds is 4. The maximum Gasteiger partial charge on any atom is 0.0273 e. The molecule has 0 fully saturated rings. The molecule has 1 rings (SSSR count). The van der Waals surface area contributed by atoms with Crippen molar-refractivity contribution in [1.82, 2.24) is 0 Å². The van der Waals surface area contributed by atoms with E-state index in [-0.39, 0.29) is 0 Å². The maximum absolute atomic E-state index is 2.23. The van der Waals surface area contributed by atoms with Crippen molar-refractivity contribution in [2.45, 2.75) is 47.5 Å². The summed E-state index contributed by atoms with van der Waals surface area (Å²) in [4.78, 5) is 2.72. The molecule has 0 bridgehead atoms. The Morgan fingerprint density at radius 2 is 2.00 bits per heavy atom. The molecular formula is C15H24S. The van der Waals surface area contributed by atoms with Crippen molar-refractivity contribution >= 4 is 17.4 Å². The minimum absolute atomic E-state index is 1.18. The third-order valence-corrected chi connectivity index (χ3v) is 3.10. The molecule has 0 radical (unpaired) electrons. The van der Waals surface area contributed by atoms with Crippen LogP contribution in [0.1, 0.15) is 50.3 Å². The van der Waals surface area contributed by atoms with E-state index in [2.05, 4.69) is 51.1 Å². The van der Waals surface area contributed by atoms with Gasteiger partial charge in [0.1, 0.15) is 0 Å². The number of aryl methyl sites for hydroxylation is 1. The van der Waals surface area contributed by atoms with Gasteiger partial charge in [-0.15, -0.1) is 11.3 Å². The van der Waals surface area contributed by atoms with Crippen LogP contribution in [0.3, 0.4) is 0 Å². The van der Waals surface area contributed by atoms with Crippen molar-refractivity contribution in [3.8, 4) is 0 Å². The van der Waals surface area contributed by atoms with Crippen LogP contribution in [0.5, 0.6) is 0 Å². The molecule has 0 saturated carbocycles. The smallest absolute Gasteiger partial charge is 0.0273 e. The number of allylic oxidation sites excluding steroid dienone is 3. The van der Waals surface area contributed by atoms with Gasteiger partial charge in [0.15, 0.2) is 0 Å². The fourth-order valence-electron chi connectivity index (χ4n) is 1.34. The zero-order chi connectivity index (χ0) is 12.4. The normalized spacial score (nSPS) is 11.4. The summed E-state index contributed by atoms with van der Waals surface area (Å²) in [5.41, 5.74) is 1.43. The average Bonchev–Trinajstić information content (AvgIpc) is 2.73. The number of hydrogen-bond donors (Lipinski definition) is 0. The molecule has 0 spiro atoms. The van der Waals surface area contributed by atoms with Crippen LogP contribution in [0.2, 0.25) is 0 Å². The third kappa shape index (κ3) is 5.92. The lowest BCUT2D eigenvalue weighted by Gasteiger charge is -1.96. The van der Waals surface area contributed by atoms with Gasteiger partial charge in [0.05, 0.1) is 0 Å². The zero-order valence-electron chi connectivity index (χ0n) is 11.2. The monoisotopic (exact) mass is 236 g/mol. The second-order valence-electron chi connectivity index (χ2n) is 3.40. The van der Waals surface area contributed by atoms with Gasteiger partial charge < -0.3 is 0 Å². The lowest BCUT2D eigenvalue weighted by atomic mass is 10.1. The number of thiophene rings is 1. The molecule has 0 amide bonds. The van der Waals surface area contributed by atoms with E-state index in [0.29, 0.717) is 0 Å². The predicted molar refractivity (Wildman–Crippen MR) is 78.1 cm³/mol. The predicted octanol–water partition coefficient (Wildman–Crippen LogP) is 5.84. The molecule has 0 aliphatic rings. The summed E-state index contributed by atoms with van der Waals surface area (Å²) in [5, 5.41) is 0. The Morgan fingerprint density at radius 1 is 1.31 bits per heavy atom. The third-order valence-electron chi connectivity index (χ3n) is 2.13. The molecule has 1 aromatic heterocycles. The molecule has 0 nitrogen and oxygen atoms in total. The maximum atomic E-state index is 2.23. The summed E-state index contributed by atoms with van der Waals surface area (Å²) in [6.45, 7) is 10.5. The summed E-state index contributed by atoms with van der Waals surface area (Å²) in [7, 11) is 0. The second kappa shape index (κ2) is 9.41. The van der Waals surface area contributed by atoms with E-state index in [4.69, 9.17) is 0 Å². The zero-order valence-corrected chi connectivity index (χ0v) is 12.0. The van der Waals surface area contributed by atoms with Gasteiger partial charge in [-0.3, -0.25) is 0 Å². The van der Waals surface area contributed by atoms with Crippen molar-refractivity contribution in [3.05, 3.63) is 39.6 Å². The van der Waals surface area contributed by atoms with Crippen molar-refractivity contribution in [2.75, 3.05) is 0 Å². The van der Waals surface area contributed by atoms with Crippen LogP contribution in [-0.4, -0.2) is 0 Å². The van der Waals surface area contributed by atoms with Crippen LogP contribution in [0.25, 0.3) is 6.08 Å².